The minimum absolute atomic E-state index is 0.622. The van der Waals surface area contributed by atoms with Gasteiger partial charge in [0.25, 0.3) is 0 Å². The van der Waals surface area contributed by atoms with E-state index in [1.54, 1.807) is 19.2 Å². The van der Waals surface area contributed by atoms with Gasteiger partial charge in [-0.25, -0.2) is 0 Å². The number of anilines is 2. The summed E-state index contributed by atoms with van der Waals surface area (Å²) < 4.78 is 5.05. The molecule has 2 N–H and O–H groups in total. The predicted octanol–water partition coefficient (Wildman–Crippen LogP) is 1.31. The van der Waals surface area contributed by atoms with Gasteiger partial charge in [0.2, 0.25) is 6.41 Å². The van der Waals surface area contributed by atoms with Crippen LogP contribution in [0.1, 0.15) is 0 Å². The van der Waals surface area contributed by atoms with Crippen LogP contribution in [0, 0.1) is 0 Å². The Hall–Kier alpha value is -1.71. The third kappa shape index (κ3) is 2.11. The van der Waals surface area contributed by atoms with Crippen molar-refractivity contribution in [2.75, 3.05) is 24.8 Å². The van der Waals surface area contributed by atoms with E-state index in [1.807, 2.05) is 13.1 Å². The van der Waals surface area contributed by atoms with Crippen molar-refractivity contribution in [1.82, 2.24) is 0 Å². The lowest BCUT2D eigenvalue weighted by Gasteiger charge is -2.08. The Morgan fingerprint density at radius 2 is 2.23 bits per heavy atom. The molecular formula is C9H12N2O2. The molecule has 4 nitrogen and oxygen atoms in total. The average molecular weight is 180 g/mol. The van der Waals surface area contributed by atoms with Crippen LogP contribution in [0.4, 0.5) is 11.4 Å². The van der Waals surface area contributed by atoms with Gasteiger partial charge in [0.05, 0.1) is 12.8 Å². The third-order valence-corrected chi connectivity index (χ3v) is 1.70. The molecule has 0 fully saturated rings. The summed E-state index contributed by atoms with van der Waals surface area (Å²) in [6, 6.07) is 5.46. The molecule has 1 aromatic carbocycles. The van der Waals surface area contributed by atoms with Crippen LogP contribution in [0.2, 0.25) is 0 Å². The number of hydrogen-bond acceptors (Lipinski definition) is 3. The lowest BCUT2D eigenvalue weighted by atomic mass is 10.2. The number of carbonyl (C=O) groups excluding carboxylic acids is 1. The van der Waals surface area contributed by atoms with Crippen molar-refractivity contribution >= 4 is 17.8 Å². The van der Waals surface area contributed by atoms with Crippen LogP contribution in [0.25, 0.3) is 0 Å². The summed E-state index contributed by atoms with van der Waals surface area (Å²) in [5.74, 6) is 0.645. The minimum atomic E-state index is 0.622. The smallest absolute Gasteiger partial charge is 0.211 e. The molecule has 70 valence electrons. The van der Waals surface area contributed by atoms with Gasteiger partial charge in [0, 0.05) is 12.7 Å². The average Bonchev–Trinajstić information content (AvgIpc) is 2.18. The Balaban J connectivity index is 3.01. The molecule has 4 heteroatoms. The fourth-order valence-electron chi connectivity index (χ4n) is 1.04. The number of amides is 1. The zero-order chi connectivity index (χ0) is 9.68. The van der Waals surface area contributed by atoms with E-state index in [-0.39, 0.29) is 0 Å². The number of benzene rings is 1. The summed E-state index contributed by atoms with van der Waals surface area (Å²) in [4.78, 5) is 10.3. The monoisotopic (exact) mass is 180 g/mol. The SMILES string of the molecule is CNc1ccc(OC)c(NC=O)c1. The fraction of sp³-hybridized carbons (Fsp3) is 0.222. The Morgan fingerprint density at radius 1 is 1.46 bits per heavy atom. The van der Waals surface area contributed by atoms with Crippen LogP contribution in [-0.4, -0.2) is 20.6 Å². The van der Waals surface area contributed by atoms with Gasteiger partial charge in [-0.1, -0.05) is 0 Å². The number of hydrogen-bond donors (Lipinski definition) is 2. The number of rotatable bonds is 4. The normalized spacial score (nSPS) is 9.08. The molecule has 0 saturated heterocycles. The summed E-state index contributed by atoms with van der Waals surface area (Å²) in [6.45, 7) is 0. The lowest BCUT2D eigenvalue weighted by Crippen LogP contribution is -1.98. The van der Waals surface area contributed by atoms with E-state index in [0.717, 1.165) is 5.69 Å². The van der Waals surface area contributed by atoms with Crippen molar-refractivity contribution in [1.29, 1.82) is 0 Å². The third-order valence-electron chi connectivity index (χ3n) is 1.70. The maximum atomic E-state index is 10.3. The summed E-state index contributed by atoms with van der Waals surface area (Å²) in [5.41, 5.74) is 1.58. The number of ether oxygens (including phenoxy) is 1. The summed E-state index contributed by atoms with van der Waals surface area (Å²) in [7, 11) is 3.37. The molecule has 1 amide bonds. The minimum Gasteiger partial charge on any atom is -0.495 e. The molecule has 0 aliphatic rings. The summed E-state index contributed by atoms with van der Waals surface area (Å²) in [5, 5.41) is 5.52. The first-order valence-corrected chi connectivity index (χ1v) is 3.87. The molecule has 1 aromatic rings. The van der Waals surface area contributed by atoms with Gasteiger partial charge in [0.15, 0.2) is 0 Å². The predicted molar refractivity (Wildman–Crippen MR) is 52.2 cm³/mol. The first kappa shape index (κ1) is 9.38. The van der Waals surface area contributed by atoms with E-state index in [0.29, 0.717) is 17.8 Å². The van der Waals surface area contributed by atoms with Crippen LogP contribution in [0.3, 0.4) is 0 Å². The van der Waals surface area contributed by atoms with E-state index >= 15 is 0 Å². The Morgan fingerprint density at radius 3 is 2.77 bits per heavy atom. The van der Waals surface area contributed by atoms with Gasteiger partial charge in [-0.3, -0.25) is 4.79 Å². The summed E-state index contributed by atoms with van der Waals surface area (Å²) >= 11 is 0. The van der Waals surface area contributed by atoms with Crippen LogP contribution >= 0.6 is 0 Å². The molecule has 0 spiro atoms. The Labute approximate surface area is 76.9 Å². The van der Waals surface area contributed by atoms with Crippen LogP contribution in [0.15, 0.2) is 18.2 Å². The molecular weight excluding hydrogens is 168 g/mol. The molecule has 0 aromatic heterocycles. The maximum Gasteiger partial charge on any atom is 0.211 e. The fourth-order valence-corrected chi connectivity index (χ4v) is 1.04. The number of nitrogens with one attached hydrogen (secondary N) is 2. The molecule has 0 aliphatic carbocycles. The van der Waals surface area contributed by atoms with Crippen LogP contribution in [0.5, 0.6) is 5.75 Å². The van der Waals surface area contributed by atoms with Crippen molar-refractivity contribution in [3.05, 3.63) is 18.2 Å². The van der Waals surface area contributed by atoms with Gasteiger partial charge in [0.1, 0.15) is 5.75 Å². The Kier molecular flexibility index (Phi) is 3.14. The second-order valence-electron chi connectivity index (χ2n) is 2.43. The van der Waals surface area contributed by atoms with Crippen molar-refractivity contribution < 1.29 is 9.53 Å². The maximum absolute atomic E-state index is 10.3. The molecule has 1 rings (SSSR count). The lowest BCUT2D eigenvalue weighted by molar-refractivity contribution is -0.105. The van der Waals surface area contributed by atoms with Gasteiger partial charge < -0.3 is 15.4 Å². The van der Waals surface area contributed by atoms with Crippen molar-refractivity contribution in [2.45, 2.75) is 0 Å². The standard InChI is InChI=1S/C9H12N2O2/c1-10-7-3-4-9(13-2)8(5-7)11-6-12/h3-6,10H,1-2H3,(H,11,12). The van der Waals surface area contributed by atoms with E-state index < -0.39 is 0 Å². The van der Waals surface area contributed by atoms with Crippen molar-refractivity contribution in [2.24, 2.45) is 0 Å². The van der Waals surface area contributed by atoms with Crippen LogP contribution in [-0.2, 0) is 4.79 Å². The molecule has 0 aliphatic heterocycles. The first-order valence-electron chi connectivity index (χ1n) is 3.87. The topological polar surface area (TPSA) is 50.4 Å². The van der Waals surface area contributed by atoms with Gasteiger partial charge in [-0.05, 0) is 18.2 Å². The van der Waals surface area contributed by atoms with Gasteiger partial charge >= 0.3 is 0 Å². The first-order chi connectivity index (χ1) is 6.31. The molecule has 0 saturated carbocycles. The van der Waals surface area contributed by atoms with Crippen molar-refractivity contribution in [3.63, 3.8) is 0 Å². The number of carbonyl (C=O) groups is 1. The largest absolute Gasteiger partial charge is 0.495 e. The quantitative estimate of drug-likeness (QED) is 0.687. The van der Waals surface area contributed by atoms with Gasteiger partial charge in [-0.2, -0.15) is 0 Å². The van der Waals surface area contributed by atoms with E-state index in [9.17, 15) is 4.79 Å². The van der Waals surface area contributed by atoms with E-state index in [1.165, 1.54) is 0 Å². The zero-order valence-electron chi connectivity index (χ0n) is 7.63. The second-order valence-corrected chi connectivity index (χ2v) is 2.43. The second kappa shape index (κ2) is 4.35. The highest BCUT2D eigenvalue weighted by molar-refractivity contribution is 5.77. The highest BCUT2D eigenvalue weighted by Crippen LogP contribution is 2.26. The molecule has 0 atom stereocenters. The molecule has 0 heterocycles. The molecule has 0 bridgehead atoms. The van der Waals surface area contributed by atoms with Crippen molar-refractivity contribution in [3.8, 4) is 5.75 Å². The number of methoxy groups -OCH3 is 1. The van der Waals surface area contributed by atoms with E-state index in [2.05, 4.69) is 10.6 Å². The van der Waals surface area contributed by atoms with Gasteiger partial charge in [-0.15, -0.1) is 0 Å². The summed E-state index contributed by atoms with van der Waals surface area (Å²) in [6.07, 6.45) is 0.622. The van der Waals surface area contributed by atoms with Crippen LogP contribution < -0.4 is 15.4 Å². The molecule has 13 heavy (non-hydrogen) atoms. The van der Waals surface area contributed by atoms with E-state index in [4.69, 9.17) is 4.74 Å². The molecule has 0 unspecified atom stereocenters. The molecule has 0 radical (unpaired) electrons. The zero-order valence-corrected chi connectivity index (χ0v) is 7.63. The highest BCUT2D eigenvalue weighted by atomic mass is 16.5. The highest BCUT2D eigenvalue weighted by Gasteiger charge is 2.01. The Bertz CT molecular complexity index is 300.